The third-order valence-corrected chi connectivity index (χ3v) is 5.27. The molecule has 1 atom stereocenters. The zero-order valence-electron chi connectivity index (χ0n) is 17.6. The quantitative estimate of drug-likeness (QED) is 0.295. The number of thiocarbonyl (C=S) groups is 1. The van der Waals surface area contributed by atoms with Crippen LogP contribution in [0.2, 0.25) is 0 Å². The number of nitrogens with one attached hydrogen (secondary N) is 1. The minimum absolute atomic E-state index is 0.150. The van der Waals surface area contributed by atoms with Crippen molar-refractivity contribution in [2.45, 2.75) is 12.5 Å². The maximum absolute atomic E-state index is 11.5. The third-order valence-electron chi connectivity index (χ3n) is 5.17. The fourth-order valence-corrected chi connectivity index (χ4v) is 3.87. The van der Waals surface area contributed by atoms with E-state index >= 15 is 0 Å². The second-order valence-corrected chi connectivity index (χ2v) is 8.15. The lowest BCUT2D eigenvalue weighted by molar-refractivity contribution is -0.140. The van der Waals surface area contributed by atoms with Crippen LogP contribution in [-0.2, 0) is 20.8 Å². The molecule has 0 spiro atoms. The first-order valence-electron chi connectivity index (χ1n) is 10.1. The smallest absolute Gasteiger partial charge is 0.317 e. The van der Waals surface area contributed by atoms with Crippen molar-refractivity contribution < 1.29 is 29.7 Å². The van der Waals surface area contributed by atoms with Gasteiger partial charge in [0.15, 0.2) is 5.11 Å². The molecular formula is C20H29N5O6S. The highest BCUT2D eigenvalue weighted by molar-refractivity contribution is 7.80. The van der Waals surface area contributed by atoms with Gasteiger partial charge < -0.3 is 26.4 Å². The van der Waals surface area contributed by atoms with Crippen molar-refractivity contribution >= 4 is 40.9 Å². The minimum Gasteiger partial charge on any atom is -0.480 e. The van der Waals surface area contributed by atoms with E-state index in [2.05, 4.69) is 5.32 Å². The molecule has 1 heterocycles. The number of carboxylic acid groups (broad SMARTS) is 3. The van der Waals surface area contributed by atoms with Crippen LogP contribution in [0.1, 0.15) is 5.56 Å². The molecule has 0 amide bonds. The lowest BCUT2D eigenvalue weighted by atomic mass is 10.0. The first-order chi connectivity index (χ1) is 15.1. The van der Waals surface area contributed by atoms with Gasteiger partial charge in [0.05, 0.1) is 19.6 Å². The van der Waals surface area contributed by atoms with Gasteiger partial charge >= 0.3 is 17.9 Å². The first-order valence-corrected chi connectivity index (χ1v) is 10.5. The molecule has 12 heteroatoms. The van der Waals surface area contributed by atoms with E-state index in [4.69, 9.17) is 23.1 Å². The molecule has 1 unspecified atom stereocenters. The molecule has 0 radical (unpaired) electrons. The van der Waals surface area contributed by atoms with Gasteiger partial charge in [0.1, 0.15) is 0 Å². The first kappa shape index (κ1) is 25.5. The van der Waals surface area contributed by atoms with Crippen LogP contribution in [0.4, 0.5) is 5.69 Å². The number of hydrogen-bond donors (Lipinski definition) is 5. The molecule has 11 nitrogen and oxygen atoms in total. The van der Waals surface area contributed by atoms with E-state index in [0.717, 1.165) is 11.3 Å². The normalized spacial score (nSPS) is 18.8. The van der Waals surface area contributed by atoms with Crippen molar-refractivity contribution in [1.82, 2.24) is 14.7 Å². The van der Waals surface area contributed by atoms with Gasteiger partial charge in [-0.2, -0.15) is 0 Å². The number of rotatable bonds is 9. The van der Waals surface area contributed by atoms with E-state index in [1.807, 2.05) is 24.3 Å². The molecule has 32 heavy (non-hydrogen) atoms. The van der Waals surface area contributed by atoms with Gasteiger partial charge in [-0.05, 0) is 36.3 Å². The summed E-state index contributed by atoms with van der Waals surface area (Å²) in [5, 5.41) is 30.9. The van der Waals surface area contributed by atoms with Crippen molar-refractivity contribution in [3.05, 3.63) is 29.8 Å². The van der Waals surface area contributed by atoms with Gasteiger partial charge in [-0.15, -0.1) is 0 Å². The molecule has 1 aliphatic rings. The topological polar surface area (TPSA) is 160 Å². The largest absolute Gasteiger partial charge is 0.480 e. The molecule has 1 fully saturated rings. The molecule has 2 rings (SSSR count). The summed E-state index contributed by atoms with van der Waals surface area (Å²) in [6, 6.07) is 7.11. The Morgan fingerprint density at radius 2 is 1.44 bits per heavy atom. The van der Waals surface area contributed by atoms with E-state index < -0.39 is 17.9 Å². The maximum atomic E-state index is 11.5. The zero-order valence-corrected chi connectivity index (χ0v) is 18.5. The van der Waals surface area contributed by atoms with E-state index in [9.17, 15) is 24.6 Å². The van der Waals surface area contributed by atoms with Crippen LogP contribution in [0, 0.1) is 0 Å². The van der Waals surface area contributed by atoms with Gasteiger partial charge in [0.2, 0.25) is 0 Å². The summed E-state index contributed by atoms with van der Waals surface area (Å²) in [6.45, 7) is 1.18. The van der Waals surface area contributed by atoms with Crippen LogP contribution in [0.15, 0.2) is 24.3 Å². The molecule has 0 bridgehead atoms. The minimum atomic E-state index is -1.00. The van der Waals surface area contributed by atoms with Crippen LogP contribution in [0.3, 0.4) is 0 Å². The average Bonchev–Trinajstić information content (AvgIpc) is 2.74. The van der Waals surface area contributed by atoms with Crippen molar-refractivity contribution in [3.63, 3.8) is 0 Å². The second-order valence-electron chi connectivity index (χ2n) is 7.71. The van der Waals surface area contributed by atoms with E-state index in [1.54, 1.807) is 14.7 Å². The SMILES string of the molecule is NC(=S)Nc1ccc(CC2CN(CC(=O)O)CCN(CC(=O)O)CCN2CC(=O)O)cc1. The number of benzene rings is 1. The molecule has 6 N–H and O–H groups in total. The van der Waals surface area contributed by atoms with Crippen molar-refractivity contribution in [3.8, 4) is 0 Å². The molecule has 0 aliphatic carbocycles. The molecule has 1 aliphatic heterocycles. The fourth-order valence-electron chi connectivity index (χ4n) is 3.75. The van der Waals surface area contributed by atoms with Gasteiger partial charge in [0, 0.05) is 44.5 Å². The van der Waals surface area contributed by atoms with Gasteiger partial charge in [0.25, 0.3) is 0 Å². The highest BCUT2D eigenvalue weighted by Gasteiger charge is 2.27. The van der Waals surface area contributed by atoms with E-state index in [-0.39, 0.29) is 30.8 Å². The van der Waals surface area contributed by atoms with Crippen LogP contribution >= 0.6 is 12.2 Å². The molecular weight excluding hydrogens is 438 g/mol. The predicted molar refractivity (Wildman–Crippen MR) is 122 cm³/mol. The summed E-state index contributed by atoms with van der Waals surface area (Å²) < 4.78 is 0. The number of nitrogens with two attached hydrogens (primary N) is 1. The van der Waals surface area contributed by atoms with Gasteiger partial charge in [-0.25, -0.2) is 0 Å². The monoisotopic (exact) mass is 467 g/mol. The Labute approximate surface area is 191 Å². The highest BCUT2D eigenvalue weighted by atomic mass is 32.1. The Hall–Kier alpha value is -2.80. The standard InChI is InChI=1S/C20H29N5O6S/c21-20(32)22-15-3-1-14(2-4-15)9-16-10-24(12-18(28)29)6-5-23(11-17(26)27)7-8-25(16)13-19(30)31/h1-4,16H,5-13H2,(H,26,27)(H,28,29)(H,30,31)(H3,21,22,32). The molecule has 1 aromatic rings. The Morgan fingerprint density at radius 1 is 0.906 bits per heavy atom. The average molecular weight is 468 g/mol. The molecule has 0 saturated carbocycles. The molecule has 176 valence electrons. The van der Waals surface area contributed by atoms with Gasteiger partial charge in [-0.1, -0.05) is 12.1 Å². The van der Waals surface area contributed by atoms with Crippen molar-refractivity contribution in [2.75, 3.05) is 57.7 Å². The van der Waals surface area contributed by atoms with E-state index in [1.165, 1.54) is 0 Å². The van der Waals surface area contributed by atoms with Crippen LogP contribution in [-0.4, -0.2) is 111 Å². The fraction of sp³-hybridized carbons (Fsp3) is 0.500. The second kappa shape index (κ2) is 12.3. The number of anilines is 1. The summed E-state index contributed by atoms with van der Waals surface area (Å²) in [4.78, 5) is 39.3. The lowest BCUT2D eigenvalue weighted by Crippen LogP contribution is -2.49. The number of hydrogen-bond acceptors (Lipinski definition) is 7. The Bertz CT molecular complexity index is 821. The van der Waals surface area contributed by atoms with Crippen LogP contribution in [0.25, 0.3) is 0 Å². The predicted octanol–water partition coefficient (Wildman–Crippen LogP) is -0.573. The van der Waals surface area contributed by atoms with Crippen molar-refractivity contribution in [2.24, 2.45) is 5.73 Å². The summed E-state index contributed by atoms with van der Waals surface area (Å²) >= 11 is 4.83. The summed E-state index contributed by atoms with van der Waals surface area (Å²) in [5.41, 5.74) is 7.16. The maximum Gasteiger partial charge on any atom is 0.317 e. The Morgan fingerprint density at radius 3 is 2.00 bits per heavy atom. The Kier molecular flexibility index (Phi) is 9.78. The zero-order chi connectivity index (χ0) is 23.7. The molecule has 0 aromatic heterocycles. The highest BCUT2D eigenvalue weighted by Crippen LogP contribution is 2.16. The number of nitrogens with zero attached hydrogens (tertiary/aromatic N) is 3. The number of aliphatic carboxylic acids is 3. The lowest BCUT2D eigenvalue weighted by Gasteiger charge is -2.33. The van der Waals surface area contributed by atoms with Crippen LogP contribution in [0.5, 0.6) is 0 Å². The summed E-state index contributed by atoms with van der Waals surface area (Å²) in [7, 11) is 0. The Balaban J connectivity index is 2.26. The number of carbonyl (C=O) groups is 3. The van der Waals surface area contributed by atoms with Crippen LogP contribution < -0.4 is 11.1 Å². The molecule has 1 saturated heterocycles. The van der Waals surface area contributed by atoms with Crippen molar-refractivity contribution in [1.29, 1.82) is 0 Å². The molecule has 1 aromatic carbocycles. The number of carboxylic acids is 3. The third kappa shape index (κ3) is 9.14. The van der Waals surface area contributed by atoms with E-state index in [0.29, 0.717) is 39.1 Å². The van der Waals surface area contributed by atoms with Gasteiger partial charge in [-0.3, -0.25) is 29.1 Å². The summed E-state index contributed by atoms with van der Waals surface area (Å²) in [6.07, 6.45) is 0.496. The summed E-state index contributed by atoms with van der Waals surface area (Å²) in [5.74, 6) is -2.98.